The highest BCUT2D eigenvalue weighted by molar-refractivity contribution is 6.08. The second-order valence-corrected chi connectivity index (χ2v) is 9.35. The zero-order valence-electron chi connectivity index (χ0n) is 19.9. The second kappa shape index (κ2) is 9.38. The zero-order valence-corrected chi connectivity index (χ0v) is 19.9. The molecule has 168 valence electrons. The fourth-order valence-electron chi connectivity index (χ4n) is 5.01. The molecule has 3 nitrogen and oxygen atoms in total. The van der Waals surface area contributed by atoms with Crippen molar-refractivity contribution in [3.63, 3.8) is 0 Å². The van der Waals surface area contributed by atoms with Crippen LogP contribution >= 0.6 is 0 Å². The minimum atomic E-state index is 0.277. The molecule has 0 bridgehead atoms. The molecule has 33 heavy (non-hydrogen) atoms. The number of aromatic nitrogens is 1. The van der Waals surface area contributed by atoms with Crippen molar-refractivity contribution in [1.29, 1.82) is 0 Å². The zero-order chi connectivity index (χ0) is 22.8. The fraction of sp³-hybridized carbons (Fsp3) is 0.267. The number of aryl methyl sites for hydroxylation is 1. The summed E-state index contributed by atoms with van der Waals surface area (Å²) in [7, 11) is 4.29. The van der Waals surface area contributed by atoms with E-state index in [0.29, 0.717) is 0 Å². The Hall–Kier alpha value is -3.14. The highest BCUT2D eigenvalue weighted by Crippen LogP contribution is 2.30. The molecule has 0 saturated heterocycles. The number of para-hydroxylation sites is 1. The Morgan fingerprint density at radius 3 is 2.36 bits per heavy atom. The molecule has 4 aromatic carbocycles. The van der Waals surface area contributed by atoms with Crippen LogP contribution in [-0.4, -0.2) is 30.1 Å². The molecule has 0 radical (unpaired) electrons. The minimum absolute atomic E-state index is 0.277. The van der Waals surface area contributed by atoms with E-state index in [2.05, 4.69) is 121 Å². The maximum absolute atomic E-state index is 3.76. The molecule has 3 heteroatoms. The summed E-state index contributed by atoms with van der Waals surface area (Å²) in [5.74, 6) is 0. The highest BCUT2D eigenvalue weighted by Gasteiger charge is 2.12. The number of nitrogens with zero attached hydrogens (tertiary/aromatic N) is 2. The average molecular weight is 436 g/mol. The van der Waals surface area contributed by atoms with E-state index in [0.717, 1.165) is 26.1 Å². The lowest BCUT2D eigenvalue weighted by Crippen LogP contribution is -2.18. The van der Waals surface area contributed by atoms with Crippen LogP contribution in [-0.2, 0) is 13.1 Å². The van der Waals surface area contributed by atoms with Gasteiger partial charge < -0.3 is 14.8 Å². The van der Waals surface area contributed by atoms with Gasteiger partial charge in [-0.3, -0.25) is 0 Å². The van der Waals surface area contributed by atoms with Gasteiger partial charge in [-0.25, -0.2) is 0 Å². The SMILES string of the molecule is C[C@@H](NCc1ccc2c(c1)c1ccccc1n2CCCN(C)C)c1cccc2ccccc12. The summed E-state index contributed by atoms with van der Waals surface area (Å²) in [5.41, 5.74) is 5.35. The Morgan fingerprint density at radius 1 is 0.788 bits per heavy atom. The molecule has 5 aromatic rings. The van der Waals surface area contributed by atoms with Crippen LogP contribution in [0.2, 0.25) is 0 Å². The van der Waals surface area contributed by atoms with E-state index in [9.17, 15) is 0 Å². The molecule has 0 unspecified atom stereocenters. The summed E-state index contributed by atoms with van der Waals surface area (Å²) in [4.78, 5) is 2.26. The summed E-state index contributed by atoms with van der Waals surface area (Å²) in [6.07, 6.45) is 1.15. The molecule has 1 N–H and O–H groups in total. The van der Waals surface area contributed by atoms with E-state index in [-0.39, 0.29) is 6.04 Å². The Bertz CT molecular complexity index is 1390. The van der Waals surface area contributed by atoms with Gasteiger partial charge in [0, 0.05) is 40.9 Å². The quantitative estimate of drug-likeness (QED) is 0.291. The van der Waals surface area contributed by atoms with E-state index in [1.807, 2.05) is 0 Å². The number of hydrogen-bond donors (Lipinski definition) is 1. The third-order valence-corrected chi connectivity index (χ3v) is 6.73. The number of benzene rings is 4. The lowest BCUT2D eigenvalue weighted by atomic mass is 9.99. The van der Waals surface area contributed by atoms with E-state index < -0.39 is 0 Å². The van der Waals surface area contributed by atoms with Crippen molar-refractivity contribution in [3.8, 4) is 0 Å². The van der Waals surface area contributed by atoms with Crippen molar-refractivity contribution in [2.24, 2.45) is 0 Å². The van der Waals surface area contributed by atoms with Gasteiger partial charge in [0.2, 0.25) is 0 Å². The Kier molecular flexibility index (Phi) is 6.17. The van der Waals surface area contributed by atoms with Crippen LogP contribution in [0.4, 0.5) is 0 Å². The van der Waals surface area contributed by atoms with Crippen molar-refractivity contribution < 1.29 is 0 Å². The lowest BCUT2D eigenvalue weighted by Gasteiger charge is -2.17. The Labute approximate surface area is 196 Å². The first-order chi connectivity index (χ1) is 16.1. The molecule has 0 amide bonds. The monoisotopic (exact) mass is 435 g/mol. The van der Waals surface area contributed by atoms with Crippen molar-refractivity contribution >= 4 is 32.6 Å². The largest absolute Gasteiger partial charge is 0.340 e. The summed E-state index contributed by atoms with van der Waals surface area (Å²) >= 11 is 0. The second-order valence-electron chi connectivity index (χ2n) is 9.35. The maximum Gasteiger partial charge on any atom is 0.0491 e. The molecule has 0 aliphatic rings. The van der Waals surface area contributed by atoms with Gasteiger partial charge >= 0.3 is 0 Å². The Balaban J connectivity index is 1.41. The molecule has 0 saturated carbocycles. The van der Waals surface area contributed by atoms with Gasteiger partial charge in [-0.1, -0.05) is 66.7 Å². The smallest absolute Gasteiger partial charge is 0.0491 e. The molecule has 1 atom stereocenters. The van der Waals surface area contributed by atoms with E-state index >= 15 is 0 Å². The third-order valence-electron chi connectivity index (χ3n) is 6.73. The van der Waals surface area contributed by atoms with Crippen molar-refractivity contribution in [2.75, 3.05) is 20.6 Å². The molecule has 0 fully saturated rings. The number of fused-ring (bicyclic) bond motifs is 4. The van der Waals surface area contributed by atoms with Crippen LogP contribution in [0.3, 0.4) is 0 Å². The van der Waals surface area contributed by atoms with Crippen molar-refractivity contribution in [1.82, 2.24) is 14.8 Å². The summed E-state index contributed by atoms with van der Waals surface area (Å²) in [6, 6.07) is 31.3. The minimum Gasteiger partial charge on any atom is -0.340 e. The van der Waals surface area contributed by atoms with Gasteiger partial charge in [0.05, 0.1) is 0 Å². The topological polar surface area (TPSA) is 20.2 Å². The molecule has 5 rings (SSSR count). The predicted octanol–water partition coefficient (Wildman–Crippen LogP) is 6.75. The van der Waals surface area contributed by atoms with Gasteiger partial charge in [-0.05, 0) is 74.1 Å². The lowest BCUT2D eigenvalue weighted by molar-refractivity contribution is 0.389. The number of rotatable bonds is 8. The molecular weight excluding hydrogens is 402 g/mol. The molecule has 0 aliphatic heterocycles. The van der Waals surface area contributed by atoms with E-state index in [4.69, 9.17) is 0 Å². The van der Waals surface area contributed by atoms with Crippen LogP contribution in [0.25, 0.3) is 32.6 Å². The predicted molar refractivity (Wildman–Crippen MR) is 142 cm³/mol. The Morgan fingerprint density at radius 2 is 1.52 bits per heavy atom. The van der Waals surface area contributed by atoms with Crippen LogP contribution in [0.5, 0.6) is 0 Å². The normalized spacial score (nSPS) is 12.8. The molecule has 0 aliphatic carbocycles. The first-order valence-electron chi connectivity index (χ1n) is 12.0. The van der Waals surface area contributed by atoms with Crippen molar-refractivity contribution in [3.05, 3.63) is 96.1 Å². The summed E-state index contributed by atoms with van der Waals surface area (Å²) < 4.78 is 2.49. The highest BCUT2D eigenvalue weighted by atomic mass is 15.1. The molecule has 1 aromatic heterocycles. The van der Waals surface area contributed by atoms with Crippen LogP contribution in [0.15, 0.2) is 84.9 Å². The number of nitrogens with one attached hydrogen (secondary N) is 1. The average Bonchev–Trinajstić information content (AvgIpc) is 3.15. The van der Waals surface area contributed by atoms with Gasteiger partial charge in [-0.15, -0.1) is 0 Å². The molecule has 0 spiro atoms. The first-order valence-corrected chi connectivity index (χ1v) is 12.0. The van der Waals surface area contributed by atoms with Crippen LogP contribution in [0.1, 0.15) is 30.5 Å². The van der Waals surface area contributed by atoms with Gasteiger partial charge in [0.1, 0.15) is 0 Å². The molecular formula is C30H33N3. The standard InChI is InChI=1S/C30H33N3/c1-22(25-14-8-11-24-10-4-5-12-26(24)25)31-21-23-16-17-30-28(20-23)27-13-6-7-15-29(27)33(30)19-9-18-32(2)3/h4-8,10-17,20,22,31H,9,18-19,21H2,1-3H3/t22-/m1/s1. The van der Waals surface area contributed by atoms with Gasteiger partial charge in [0.15, 0.2) is 0 Å². The number of hydrogen-bond acceptors (Lipinski definition) is 2. The van der Waals surface area contributed by atoms with Gasteiger partial charge in [-0.2, -0.15) is 0 Å². The summed E-state index contributed by atoms with van der Waals surface area (Å²) in [6.45, 7) is 5.25. The van der Waals surface area contributed by atoms with E-state index in [1.165, 1.54) is 43.7 Å². The van der Waals surface area contributed by atoms with E-state index in [1.54, 1.807) is 0 Å². The molecule has 1 heterocycles. The maximum atomic E-state index is 3.76. The first kappa shape index (κ1) is 21.7. The van der Waals surface area contributed by atoms with Gasteiger partial charge in [0.25, 0.3) is 0 Å². The summed E-state index contributed by atoms with van der Waals surface area (Å²) in [5, 5.41) is 9.09. The van der Waals surface area contributed by atoms with Crippen molar-refractivity contribution in [2.45, 2.75) is 32.5 Å². The fourth-order valence-corrected chi connectivity index (χ4v) is 5.01. The van der Waals surface area contributed by atoms with Crippen LogP contribution in [0, 0.1) is 0 Å². The third kappa shape index (κ3) is 4.39. The van der Waals surface area contributed by atoms with Crippen LogP contribution < -0.4 is 5.32 Å².